The van der Waals surface area contributed by atoms with E-state index in [1.165, 1.54) is 11.1 Å². The van der Waals surface area contributed by atoms with Crippen molar-refractivity contribution in [3.63, 3.8) is 0 Å². The van der Waals surface area contributed by atoms with Crippen LogP contribution in [-0.4, -0.2) is 7.05 Å². The van der Waals surface area contributed by atoms with Gasteiger partial charge in [-0.3, -0.25) is 0 Å². The molecule has 1 aromatic carbocycles. The summed E-state index contributed by atoms with van der Waals surface area (Å²) in [6.45, 7) is 4.24. The molecule has 0 aliphatic rings. The van der Waals surface area contributed by atoms with Gasteiger partial charge in [-0.1, -0.05) is 42.0 Å². The Morgan fingerprint density at radius 3 is 2.31 bits per heavy atom. The highest BCUT2D eigenvalue weighted by molar-refractivity contribution is 5.23. The molecular weight excluding hydrogens is 158 g/mol. The van der Waals surface area contributed by atoms with Gasteiger partial charge < -0.3 is 5.32 Å². The lowest BCUT2D eigenvalue weighted by atomic mass is 10.1. The van der Waals surface area contributed by atoms with Gasteiger partial charge in [0.1, 0.15) is 0 Å². The third-order valence-electron chi connectivity index (χ3n) is 1.97. The van der Waals surface area contributed by atoms with E-state index in [2.05, 4.69) is 49.5 Å². The van der Waals surface area contributed by atoms with Crippen molar-refractivity contribution in [3.05, 3.63) is 47.5 Å². The van der Waals surface area contributed by atoms with Crippen molar-refractivity contribution in [2.45, 2.75) is 19.9 Å². The molecule has 0 amide bonds. The van der Waals surface area contributed by atoms with Crippen LogP contribution in [0, 0.1) is 0 Å². The average Bonchev–Trinajstić information content (AvgIpc) is 2.15. The van der Waals surface area contributed by atoms with Crippen molar-refractivity contribution in [2.24, 2.45) is 0 Å². The van der Waals surface area contributed by atoms with Crippen molar-refractivity contribution in [2.75, 3.05) is 7.05 Å². The molecule has 1 aromatic rings. The number of benzene rings is 1. The summed E-state index contributed by atoms with van der Waals surface area (Å²) in [6, 6.07) is 10.8. The average molecular weight is 175 g/mol. The van der Waals surface area contributed by atoms with Gasteiger partial charge in [0.25, 0.3) is 0 Å². The molecule has 0 aliphatic heterocycles. The number of likely N-dealkylation sites (N-methyl/N-ethyl adjacent to an activating group) is 1. The Morgan fingerprint density at radius 2 is 1.85 bits per heavy atom. The number of hydrogen-bond acceptors (Lipinski definition) is 1. The molecule has 0 aliphatic carbocycles. The third kappa shape index (κ3) is 3.03. The van der Waals surface area contributed by atoms with E-state index in [0.717, 1.165) is 0 Å². The van der Waals surface area contributed by atoms with E-state index in [1.807, 2.05) is 13.1 Å². The van der Waals surface area contributed by atoms with E-state index in [9.17, 15) is 0 Å². The van der Waals surface area contributed by atoms with Crippen LogP contribution >= 0.6 is 0 Å². The highest BCUT2D eigenvalue weighted by atomic mass is 14.9. The van der Waals surface area contributed by atoms with Gasteiger partial charge in [0.05, 0.1) is 6.04 Å². The Balaban J connectivity index is 2.85. The van der Waals surface area contributed by atoms with Gasteiger partial charge in [0.15, 0.2) is 0 Å². The zero-order valence-corrected chi connectivity index (χ0v) is 8.54. The van der Waals surface area contributed by atoms with Crippen molar-refractivity contribution < 1.29 is 0 Å². The fourth-order valence-corrected chi connectivity index (χ4v) is 1.34. The Labute approximate surface area is 80.5 Å². The lowest BCUT2D eigenvalue weighted by Gasteiger charge is -2.12. The predicted octanol–water partition coefficient (Wildman–Crippen LogP) is 2.91. The second kappa shape index (κ2) is 4.83. The van der Waals surface area contributed by atoms with E-state index in [0.29, 0.717) is 6.04 Å². The van der Waals surface area contributed by atoms with E-state index in [4.69, 9.17) is 0 Å². The molecule has 1 nitrogen and oxygen atoms in total. The molecule has 0 bridgehead atoms. The van der Waals surface area contributed by atoms with Crippen LogP contribution in [0.3, 0.4) is 0 Å². The lowest BCUT2D eigenvalue weighted by Crippen LogP contribution is -2.13. The van der Waals surface area contributed by atoms with Crippen LogP contribution in [0.5, 0.6) is 0 Å². The molecule has 1 heteroatoms. The first-order valence-corrected chi connectivity index (χ1v) is 4.61. The van der Waals surface area contributed by atoms with Gasteiger partial charge in [0.2, 0.25) is 0 Å². The van der Waals surface area contributed by atoms with Gasteiger partial charge in [-0.25, -0.2) is 0 Å². The van der Waals surface area contributed by atoms with Crippen molar-refractivity contribution in [1.29, 1.82) is 0 Å². The SMILES string of the molecule is CNC(C=C(C)C)c1ccccc1. The Hall–Kier alpha value is -1.08. The maximum Gasteiger partial charge on any atom is 0.0506 e. The Morgan fingerprint density at radius 1 is 1.23 bits per heavy atom. The largest absolute Gasteiger partial charge is 0.310 e. The molecule has 0 spiro atoms. The minimum atomic E-state index is 0.339. The fourth-order valence-electron chi connectivity index (χ4n) is 1.34. The number of hydrogen-bond donors (Lipinski definition) is 1. The van der Waals surface area contributed by atoms with Gasteiger partial charge in [0, 0.05) is 0 Å². The summed E-state index contributed by atoms with van der Waals surface area (Å²) in [5.74, 6) is 0. The smallest absolute Gasteiger partial charge is 0.0506 e. The maximum absolute atomic E-state index is 3.27. The molecular formula is C12H17N. The van der Waals surface area contributed by atoms with Crippen LogP contribution in [0.2, 0.25) is 0 Å². The first-order chi connectivity index (χ1) is 6.24. The van der Waals surface area contributed by atoms with E-state index < -0.39 is 0 Å². The van der Waals surface area contributed by atoms with Gasteiger partial charge in [-0.2, -0.15) is 0 Å². The number of allylic oxidation sites excluding steroid dienone is 1. The Kier molecular flexibility index (Phi) is 3.71. The molecule has 1 atom stereocenters. The van der Waals surface area contributed by atoms with Crippen molar-refractivity contribution >= 4 is 0 Å². The lowest BCUT2D eigenvalue weighted by molar-refractivity contribution is 0.710. The molecule has 70 valence electrons. The Bertz CT molecular complexity index is 270. The summed E-state index contributed by atoms with van der Waals surface area (Å²) in [5, 5.41) is 3.27. The van der Waals surface area contributed by atoms with Crippen LogP contribution in [0.15, 0.2) is 42.0 Å². The van der Waals surface area contributed by atoms with Crippen LogP contribution in [0.4, 0.5) is 0 Å². The quantitative estimate of drug-likeness (QED) is 0.696. The standard InChI is InChI=1S/C12H17N/c1-10(2)9-12(13-3)11-7-5-4-6-8-11/h4-9,12-13H,1-3H3. The highest BCUT2D eigenvalue weighted by Crippen LogP contribution is 2.14. The zero-order valence-electron chi connectivity index (χ0n) is 8.54. The summed E-state index contributed by atoms with van der Waals surface area (Å²) in [6.07, 6.45) is 2.23. The molecule has 0 radical (unpaired) electrons. The van der Waals surface area contributed by atoms with Gasteiger partial charge >= 0.3 is 0 Å². The first kappa shape index (κ1) is 10.0. The van der Waals surface area contributed by atoms with E-state index in [1.54, 1.807) is 0 Å². The summed E-state index contributed by atoms with van der Waals surface area (Å²) < 4.78 is 0. The summed E-state index contributed by atoms with van der Waals surface area (Å²) in [5.41, 5.74) is 2.65. The molecule has 0 heterocycles. The van der Waals surface area contributed by atoms with Crippen LogP contribution < -0.4 is 5.32 Å². The fraction of sp³-hybridized carbons (Fsp3) is 0.333. The maximum atomic E-state index is 3.27. The zero-order chi connectivity index (χ0) is 9.68. The highest BCUT2D eigenvalue weighted by Gasteiger charge is 2.03. The monoisotopic (exact) mass is 175 g/mol. The molecule has 0 saturated carbocycles. The second-order valence-electron chi connectivity index (χ2n) is 3.42. The van der Waals surface area contributed by atoms with Crippen molar-refractivity contribution in [1.82, 2.24) is 5.32 Å². The van der Waals surface area contributed by atoms with E-state index >= 15 is 0 Å². The van der Waals surface area contributed by atoms with Crippen LogP contribution in [-0.2, 0) is 0 Å². The van der Waals surface area contributed by atoms with Crippen LogP contribution in [0.1, 0.15) is 25.5 Å². The normalized spacial score (nSPS) is 12.2. The number of rotatable bonds is 3. The number of nitrogens with one attached hydrogen (secondary N) is 1. The predicted molar refractivity (Wildman–Crippen MR) is 57.7 cm³/mol. The van der Waals surface area contributed by atoms with Crippen LogP contribution in [0.25, 0.3) is 0 Å². The molecule has 1 unspecified atom stereocenters. The molecule has 13 heavy (non-hydrogen) atoms. The molecule has 1 N–H and O–H groups in total. The summed E-state index contributed by atoms with van der Waals surface area (Å²) in [4.78, 5) is 0. The molecule has 0 fully saturated rings. The second-order valence-corrected chi connectivity index (χ2v) is 3.42. The van der Waals surface area contributed by atoms with Gasteiger partial charge in [-0.15, -0.1) is 0 Å². The minimum absolute atomic E-state index is 0.339. The molecule has 0 aromatic heterocycles. The van der Waals surface area contributed by atoms with E-state index in [-0.39, 0.29) is 0 Å². The topological polar surface area (TPSA) is 12.0 Å². The summed E-state index contributed by atoms with van der Waals surface area (Å²) >= 11 is 0. The van der Waals surface area contributed by atoms with Crippen molar-refractivity contribution in [3.8, 4) is 0 Å². The minimum Gasteiger partial charge on any atom is -0.310 e. The summed E-state index contributed by atoms with van der Waals surface area (Å²) in [7, 11) is 1.98. The molecule has 0 saturated heterocycles. The third-order valence-corrected chi connectivity index (χ3v) is 1.97. The van der Waals surface area contributed by atoms with Gasteiger partial charge in [-0.05, 0) is 26.5 Å². The molecule has 1 rings (SSSR count). The first-order valence-electron chi connectivity index (χ1n) is 4.61.